The first-order valence-corrected chi connectivity index (χ1v) is 7.96. The third-order valence-corrected chi connectivity index (χ3v) is 3.95. The Labute approximate surface area is 136 Å². The summed E-state index contributed by atoms with van der Waals surface area (Å²) >= 11 is 0. The number of anilines is 1. The van der Waals surface area contributed by atoms with Crippen LogP contribution in [0.1, 0.15) is 17.3 Å². The molecule has 5 nitrogen and oxygen atoms in total. The Morgan fingerprint density at radius 2 is 1.83 bits per heavy atom. The molecule has 2 heterocycles. The number of hydrogen-bond acceptors (Lipinski definition) is 4. The number of aromatic nitrogens is 1. The van der Waals surface area contributed by atoms with Crippen molar-refractivity contribution in [1.82, 2.24) is 9.88 Å². The molecule has 5 heteroatoms. The van der Waals surface area contributed by atoms with Crippen LogP contribution in [0.5, 0.6) is 5.75 Å². The van der Waals surface area contributed by atoms with E-state index < -0.39 is 0 Å². The van der Waals surface area contributed by atoms with Crippen LogP contribution < -0.4 is 9.64 Å². The lowest BCUT2D eigenvalue weighted by atomic mass is 10.1. The molecule has 0 saturated carbocycles. The van der Waals surface area contributed by atoms with E-state index in [4.69, 9.17) is 4.74 Å². The second kappa shape index (κ2) is 7.13. The Morgan fingerprint density at radius 1 is 1.09 bits per heavy atom. The highest BCUT2D eigenvalue weighted by molar-refractivity contribution is 5.94. The summed E-state index contributed by atoms with van der Waals surface area (Å²) in [5.41, 5.74) is 0.708. The van der Waals surface area contributed by atoms with Gasteiger partial charge in [-0.15, -0.1) is 0 Å². The summed E-state index contributed by atoms with van der Waals surface area (Å²) in [6.45, 7) is 5.60. The highest BCUT2D eigenvalue weighted by Gasteiger charge is 2.22. The maximum atomic E-state index is 12.6. The zero-order chi connectivity index (χ0) is 16.1. The van der Waals surface area contributed by atoms with Gasteiger partial charge >= 0.3 is 0 Å². The van der Waals surface area contributed by atoms with Gasteiger partial charge in [-0.05, 0) is 43.3 Å². The predicted octanol–water partition coefficient (Wildman–Crippen LogP) is 2.44. The van der Waals surface area contributed by atoms with Crippen molar-refractivity contribution in [2.45, 2.75) is 6.92 Å². The Hall–Kier alpha value is -2.56. The highest BCUT2D eigenvalue weighted by atomic mass is 16.5. The normalized spacial score (nSPS) is 14.7. The molecule has 0 bridgehead atoms. The van der Waals surface area contributed by atoms with Crippen molar-refractivity contribution in [1.29, 1.82) is 0 Å². The molecule has 2 aromatic rings. The lowest BCUT2D eigenvalue weighted by molar-refractivity contribution is 0.0746. The first-order valence-electron chi connectivity index (χ1n) is 7.96. The molecule has 1 aliphatic heterocycles. The van der Waals surface area contributed by atoms with Crippen LogP contribution in [0.15, 0.2) is 48.7 Å². The molecule has 0 N–H and O–H groups in total. The third kappa shape index (κ3) is 3.62. The zero-order valence-corrected chi connectivity index (χ0v) is 13.3. The fraction of sp³-hybridized carbons (Fsp3) is 0.333. The number of pyridine rings is 1. The van der Waals surface area contributed by atoms with Crippen molar-refractivity contribution in [3.63, 3.8) is 0 Å². The first kappa shape index (κ1) is 15.3. The molecule has 1 fully saturated rings. The van der Waals surface area contributed by atoms with Gasteiger partial charge in [0.1, 0.15) is 11.6 Å². The quantitative estimate of drug-likeness (QED) is 0.870. The number of piperazine rings is 1. The number of carbonyl (C=O) groups excluding carboxylic acids is 1. The van der Waals surface area contributed by atoms with Crippen LogP contribution in [-0.4, -0.2) is 48.6 Å². The van der Waals surface area contributed by atoms with Gasteiger partial charge in [0, 0.05) is 37.9 Å². The van der Waals surface area contributed by atoms with E-state index in [1.165, 1.54) is 0 Å². The van der Waals surface area contributed by atoms with Crippen LogP contribution in [0.3, 0.4) is 0 Å². The molecule has 1 saturated heterocycles. The van der Waals surface area contributed by atoms with Crippen LogP contribution in [0.2, 0.25) is 0 Å². The standard InChI is InChI=1S/C18H21N3O2/c1-2-23-16-8-6-15(7-9-16)18(22)21-13-11-20(12-14-21)17-5-3-4-10-19-17/h3-10H,2,11-14H2,1H3. The molecule has 0 radical (unpaired) electrons. The molecule has 0 unspecified atom stereocenters. The first-order chi connectivity index (χ1) is 11.3. The van der Waals surface area contributed by atoms with Crippen molar-refractivity contribution in [3.05, 3.63) is 54.2 Å². The largest absolute Gasteiger partial charge is 0.494 e. The van der Waals surface area contributed by atoms with Crippen LogP contribution >= 0.6 is 0 Å². The van der Waals surface area contributed by atoms with Crippen LogP contribution in [0, 0.1) is 0 Å². The lowest BCUT2D eigenvalue weighted by Gasteiger charge is -2.35. The monoisotopic (exact) mass is 311 g/mol. The van der Waals surface area contributed by atoms with E-state index in [1.807, 2.05) is 54.3 Å². The van der Waals surface area contributed by atoms with Crippen LogP contribution in [0.25, 0.3) is 0 Å². The van der Waals surface area contributed by atoms with E-state index in [0.29, 0.717) is 25.3 Å². The van der Waals surface area contributed by atoms with Gasteiger partial charge in [0.05, 0.1) is 6.61 Å². The Kier molecular flexibility index (Phi) is 4.76. The van der Waals surface area contributed by atoms with Crippen molar-refractivity contribution in [2.24, 2.45) is 0 Å². The number of ether oxygens (including phenoxy) is 1. The van der Waals surface area contributed by atoms with Gasteiger partial charge in [0.2, 0.25) is 0 Å². The predicted molar refractivity (Wildman–Crippen MR) is 90.0 cm³/mol. The topological polar surface area (TPSA) is 45.7 Å². The fourth-order valence-electron chi connectivity index (χ4n) is 2.72. The highest BCUT2D eigenvalue weighted by Crippen LogP contribution is 2.16. The molecule has 1 amide bonds. The molecule has 0 spiro atoms. The van der Waals surface area contributed by atoms with Gasteiger partial charge in [0.15, 0.2) is 0 Å². The van der Waals surface area contributed by atoms with Crippen molar-refractivity contribution in [3.8, 4) is 5.75 Å². The third-order valence-electron chi connectivity index (χ3n) is 3.95. The SMILES string of the molecule is CCOc1ccc(C(=O)N2CCN(c3ccccn3)CC2)cc1. The second-order valence-corrected chi connectivity index (χ2v) is 5.42. The molecule has 0 aliphatic carbocycles. The number of carbonyl (C=O) groups is 1. The zero-order valence-electron chi connectivity index (χ0n) is 13.3. The molecule has 0 atom stereocenters. The molecular weight excluding hydrogens is 290 g/mol. The van der Waals surface area contributed by atoms with Gasteiger partial charge in [-0.2, -0.15) is 0 Å². The van der Waals surface area contributed by atoms with Crippen LogP contribution in [-0.2, 0) is 0 Å². The van der Waals surface area contributed by atoms with Gasteiger partial charge < -0.3 is 14.5 Å². The van der Waals surface area contributed by atoms with Gasteiger partial charge in [0.25, 0.3) is 5.91 Å². The summed E-state index contributed by atoms with van der Waals surface area (Å²) in [6.07, 6.45) is 1.80. The number of benzene rings is 1. The average Bonchev–Trinajstić information content (AvgIpc) is 2.63. The number of nitrogens with zero attached hydrogens (tertiary/aromatic N) is 3. The van der Waals surface area contributed by atoms with Crippen molar-refractivity contribution in [2.75, 3.05) is 37.7 Å². The molecule has 23 heavy (non-hydrogen) atoms. The van der Waals surface area contributed by atoms with Crippen molar-refractivity contribution < 1.29 is 9.53 Å². The summed E-state index contributed by atoms with van der Waals surface area (Å²) in [5, 5.41) is 0. The number of rotatable bonds is 4. The maximum absolute atomic E-state index is 12.6. The fourth-order valence-corrected chi connectivity index (χ4v) is 2.72. The van der Waals surface area contributed by atoms with E-state index in [1.54, 1.807) is 6.20 Å². The molecule has 1 aromatic heterocycles. The van der Waals surface area contributed by atoms with E-state index in [2.05, 4.69) is 9.88 Å². The minimum atomic E-state index is 0.0775. The molecule has 120 valence electrons. The van der Waals surface area contributed by atoms with E-state index in [-0.39, 0.29) is 5.91 Å². The van der Waals surface area contributed by atoms with E-state index >= 15 is 0 Å². The Morgan fingerprint density at radius 3 is 2.43 bits per heavy atom. The molecule has 1 aliphatic rings. The summed E-state index contributed by atoms with van der Waals surface area (Å²) in [5.74, 6) is 1.85. The number of hydrogen-bond donors (Lipinski definition) is 0. The minimum Gasteiger partial charge on any atom is -0.494 e. The molecular formula is C18H21N3O2. The second-order valence-electron chi connectivity index (χ2n) is 5.42. The molecule has 3 rings (SSSR count). The van der Waals surface area contributed by atoms with Crippen LogP contribution in [0.4, 0.5) is 5.82 Å². The van der Waals surface area contributed by atoms with Gasteiger partial charge in [-0.3, -0.25) is 4.79 Å². The molecule has 1 aromatic carbocycles. The van der Waals surface area contributed by atoms with Gasteiger partial charge in [-0.1, -0.05) is 6.07 Å². The van der Waals surface area contributed by atoms with E-state index in [9.17, 15) is 4.79 Å². The summed E-state index contributed by atoms with van der Waals surface area (Å²) < 4.78 is 5.41. The van der Waals surface area contributed by atoms with Gasteiger partial charge in [-0.25, -0.2) is 4.98 Å². The summed E-state index contributed by atoms with van der Waals surface area (Å²) in [6, 6.07) is 13.3. The smallest absolute Gasteiger partial charge is 0.253 e. The summed E-state index contributed by atoms with van der Waals surface area (Å²) in [4.78, 5) is 21.0. The number of amides is 1. The summed E-state index contributed by atoms with van der Waals surface area (Å²) in [7, 11) is 0. The van der Waals surface area contributed by atoms with E-state index in [0.717, 1.165) is 24.7 Å². The minimum absolute atomic E-state index is 0.0775. The Balaban J connectivity index is 1.59. The average molecular weight is 311 g/mol. The van der Waals surface area contributed by atoms with Crippen molar-refractivity contribution >= 4 is 11.7 Å². The maximum Gasteiger partial charge on any atom is 0.253 e. The lowest BCUT2D eigenvalue weighted by Crippen LogP contribution is -2.49. The Bertz CT molecular complexity index is 635.